The van der Waals surface area contributed by atoms with Gasteiger partial charge in [0, 0.05) is 17.5 Å². The highest BCUT2D eigenvalue weighted by Gasteiger charge is 2.08. The fourth-order valence-corrected chi connectivity index (χ4v) is 3.32. The Hall–Kier alpha value is -1.69. The maximum absolute atomic E-state index is 9.96. The van der Waals surface area contributed by atoms with Crippen LogP contribution in [0.15, 0.2) is 52.3 Å². The third-order valence-electron chi connectivity index (χ3n) is 3.66. The number of rotatable bonds is 9. The molecule has 2 rings (SSSR count). The van der Waals surface area contributed by atoms with E-state index in [1.165, 1.54) is 29.8 Å². The standard InChI is InChI=1S/C19H26N2O2S/c1-21(2)12-6-5-11-20-14-15-7-3-4-8-18(15)24-19-10-9-16(22)13-17(19)23/h3-4,7-10,13,20,22-23H,5-6,11-12,14H2,1-2H3. The number of unbranched alkanes of at least 4 members (excludes halogenated alkanes) is 1. The lowest BCUT2D eigenvalue weighted by molar-refractivity contribution is 0.391. The molecule has 0 radical (unpaired) electrons. The van der Waals surface area contributed by atoms with Gasteiger partial charge in [0.2, 0.25) is 0 Å². The van der Waals surface area contributed by atoms with E-state index in [2.05, 4.69) is 36.4 Å². The normalized spacial score (nSPS) is 11.1. The fraction of sp³-hybridized carbons (Fsp3) is 0.368. The van der Waals surface area contributed by atoms with E-state index in [4.69, 9.17) is 0 Å². The van der Waals surface area contributed by atoms with Gasteiger partial charge in [-0.3, -0.25) is 0 Å². The molecule has 0 amide bonds. The average molecular weight is 346 g/mol. The van der Waals surface area contributed by atoms with Gasteiger partial charge in [-0.1, -0.05) is 30.0 Å². The summed E-state index contributed by atoms with van der Waals surface area (Å²) in [6.07, 6.45) is 2.35. The summed E-state index contributed by atoms with van der Waals surface area (Å²) < 4.78 is 0. The number of benzene rings is 2. The van der Waals surface area contributed by atoms with Crippen molar-refractivity contribution in [1.29, 1.82) is 0 Å². The van der Waals surface area contributed by atoms with Crippen LogP contribution in [-0.4, -0.2) is 42.3 Å². The first-order valence-electron chi connectivity index (χ1n) is 8.19. The van der Waals surface area contributed by atoms with E-state index in [1.807, 2.05) is 12.1 Å². The molecule has 2 aromatic rings. The van der Waals surface area contributed by atoms with E-state index in [0.29, 0.717) is 0 Å². The zero-order valence-electron chi connectivity index (χ0n) is 14.3. The average Bonchev–Trinajstić information content (AvgIpc) is 2.54. The summed E-state index contributed by atoms with van der Waals surface area (Å²) in [5.74, 6) is 0.177. The second kappa shape index (κ2) is 9.57. The van der Waals surface area contributed by atoms with Crippen LogP contribution in [-0.2, 0) is 6.54 Å². The van der Waals surface area contributed by atoms with Crippen molar-refractivity contribution in [1.82, 2.24) is 10.2 Å². The van der Waals surface area contributed by atoms with Crippen molar-refractivity contribution in [3.8, 4) is 11.5 Å². The summed E-state index contributed by atoms with van der Waals surface area (Å²) in [7, 11) is 4.19. The maximum Gasteiger partial charge on any atom is 0.133 e. The summed E-state index contributed by atoms with van der Waals surface area (Å²) in [6, 6.07) is 12.9. The van der Waals surface area contributed by atoms with Crippen LogP contribution in [0.5, 0.6) is 11.5 Å². The van der Waals surface area contributed by atoms with Gasteiger partial charge in [-0.05, 0) is 63.8 Å². The lowest BCUT2D eigenvalue weighted by Gasteiger charge is -2.12. The molecule has 4 nitrogen and oxygen atoms in total. The maximum atomic E-state index is 9.96. The molecular weight excluding hydrogens is 320 g/mol. The van der Waals surface area contributed by atoms with Gasteiger partial charge in [-0.25, -0.2) is 0 Å². The first kappa shape index (κ1) is 18.6. The van der Waals surface area contributed by atoms with Crippen molar-refractivity contribution in [2.75, 3.05) is 27.2 Å². The van der Waals surface area contributed by atoms with Crippen molar-refractivity contribution in [2.24, 2.45) is 0 Å². The number of nitrogens with zero attached hydrogens (tertiary/aromatic N) is 1. The van der Waals surface area contributed by atoms with Crippen molar-refractivity contribution < 1.29 is 10.2 Å². The summed E-state index contributed by atoms with van der Waals surface area (Å²) in [5, 5.41) is 22.8. The summed E-state index contributed by atoms with van der Waals surface area (Å²) >= 11 is 1.51. The Kier molecular flexibility index (Phi) is 7.43. The Balaban J connectivity index is 1.90. The second-order valence-electron chi connectivity index (χ2n) is 6.05. The van der Waals surface area contributed by atoms with Gasteiger partial charge in [0.1, 0.15) is 11.5 Å². The van der Waals surface area contributed by atoms with Crippen LogP contribution in [0, 0.1) is 0 Å². The SMILES string of the molecule is CN(C)CCCCNCc1ccccc1Sc1ccc(O)cc1O. The van der Waals surface area contributed by atoms with E-state index in [0.717, 1.165) is 35.8 Å². The van der Waals surface area contributed by atoms with Crippen LogP contribution in [0.1, 0.15) is 18.4 Å². The number of hydrogen-bond donors (Lipinski definition) is 3. The number of phenolic OH excluding ortho intramolecular Hbond substituents is 2. The zero-order valence-corrected chi connectivity index (χ0v) is 15.1. The van der Waals surface area contributed by atoms with E-state index < -0.39 is 0 Å². The lowest BCUT2D eigenvalue weighted by atomic mass is 10.2. The minimum Gasteiger partial charge on any atom is -0.508 e. The molecular formula is C19H26N2O2S. The van der Waals surface area contributed by atoms with Gasteiger partial charge in [0.25, 0.3) is 0 Å². The van der Waals surface area contributed by atoms with Crippen LogP contribution in [0.25, 0.3) is 0 Å². The molecule has 0 bridgehead atoms. The fourth-order valence-electron chi connectivity index (χ4n) is 2.36. The minimum absolute atomic E-state index is 0.0736. The Morgan fingerprint density at radius 2 is 1.79 bits per heavy atom. The Bertz CT molecular complexity index is 647. The predicted octanol–water partition coefficient (Wildman–Crippen LogP) is 3.68. The van der Waals surface area contributed by atoms with Crippen LogP contribution in [0.3, 0.4) is 0 Å². The van der Waals surface area contributed by atoms with Crippen molar-refractivity contribution in [2.45, 2.75) is 29.2 Å². The molecule has 5 heteroatoms. The third kappa shape index (κ3) is 6.07. The molecule has 0 unspecified atom stereocenters. The van der Waals surface area contributed by atoms with Gasteiger partial charge in [-0.15, -0.1) is 0 Å². The molecule has 0 aliphatic carbocycles. The zero-order chi connectivity index (χ0) is 17.4. The highest BCUT2D eigenvalue weighted by atomic mass is 32.2. The Morgan fingerprint density at radius 3 is 2.54 bits per heavy atom. The smallest absolute Gasteiger partial charge is 0.133 e. The van der Waals surface area contributed by atoms with Gasteiger partial charge < -0.3 is 20.4 Å². The highest BCUT2D eigenvalue weighted by molar-refractivity contribution is 7.99. The first-order chi connectivity index (χ1) is 11.6. The largest absolute Gasteiger partial charge is 0.508 e. The second-order valence-corrected chi connectivity index (χ2v) is 7.13. The molecule has 130 valence electrons. The van der Waals surface area contributed by atoms with E-state index >= 15 is 0 Å². The third-order valence-corrected chi connectivity index (χ3v) is 4.84. The van der Waals surface area contributed by atoms with Crippen LogP contribution >= 0.6 is 11.8 Å². The predicted molar refractivity (Wildman–Crippen MR) is 99.8 cm³/mol. The molecule has 24 heavy (non-hydrogen) atoms. The van der Waals surface area contributed by atoms with E-state index in [-0.39, 0.29) is 11.5 Å². The molecule has 0 aliphatic rings. The van der Waals surface area contributed by atoms with Gasteiger partial charge in [0.15, 0.2) is 0 Å². The van der Waals surface area contributed by atoms with E-state index in [1.54, 1.807) is 12.1 Å². The van der Waals surface area contributed by atoms with E-state index in [9.17, 15) is 10.2 Å². The Morgan fingerprint density at radius 1 is 1.00 bits per heavy atom. The van der Waals surface area contributed by atoms with Crippen molar-refractivity contribution in [3.63, 3.8) is 0 Å². The number of aromatic hydroxyl groups is 2. The Labute approximate surface area is 148 Å². The van der Waals surface area contributed by atoms with Gasteiger partial charge >= 0.3 is 0 Å². The van der Waals surface area contributed by atoms with Crippen LogP contribution < -0.4 is 5.32 Å². The summed E-state index contributed by atoms with van der Waals surface area (Å²) in [4.78, 5) is 4.06. The lowest BCUT2D eigenvalue weighted by Crippen LogP contribution is -2.18. The van der Waals surface area contributed by atoms with Crippen molar-refractivity contribution >= 4 is 11.8 Å². The number of phenols is 2. The van der Waals surface area contributed by atoms with Crippen LogP contribution in [0.2, 0.25) is 0 Å². The highest BCUT2D eigenvalue weighted by Crippen LogP contribution is 2.37. The summed E-state index contributed by atoms with van der Waals surface area (Å²) in [6.45, 7) is 2.93. The summed E-state index contributed by atoms with van der Waals surface area (Å²) in [5.41, 5.74) is 1.21. The van der Waals surface area contributed by atoms with Crippen LogP contribution in [0.4, 0.5) is 0 Å². The number of hydrogen-bond acceptors (Lipinski definition) is 5. The van der Waals surface area contributed by atoms with Crippen molar-refractivity contribution in [3.05, 3.63) is 48.0 Å². The van der Waals surface area contributed by atoms with Gasteiger partial charge in [0.05, 0.1) is 4.90 Å². The molecule has 0 spiro atoms. The first-order valence-corrected chi connectivity index (χ1v) is 9.01. The molecule has 0 aliphatic heterocycles. The molecule has 0 atom stereocenters. The van der Waals surface area contributed by atoms with Gasteiger partial charge in [-0.2, -0.15) is 0 Å². The topological polar surface area (TPSA) is 55.7 Å². The molecule has 0 fully saturated rings. The molecule has 0 heterocycles. The monoisotopic (exact) mass is 346 g/mol. The molecule has 0 saturated carbocycles. The molecule has 0 saturated heterocycles. The minimum atomic E-state index is 0.0736. The number of nitrogens with one attached hydrogen (secondary N) is 1. The molecule has 2 aromatic carbocycles. The molecule has 0 aromatic heterocycles. The molecule has 3 N–H and O–H groups in total. The quantitative estimate of drug-likeness (QED) is 0.605.